The number of nitrogens with zero attached hydrogens (tertiary/aromatic N) is 3. The molecule has 0 fully saturated rings. The van der Waals surface area contributed by atoms with E-state index >= 15 is 0 Å². The van der Waals surface area contributed by atoms with Gasteiger partial charge in [0.05, 0.1) is 10.3 Å². The zero-order valence-electron chi connectivity index (χ0n) is 11.5. The van der Waals surface area contributed by atoms with Crippen LogP contribution in [0.3, 0.4) is 0 Å². The largest absolute Gasteiger partial charge is 0.384 e. The molecule has 1 unspecified atom stereocenters. The standard InChI is InChI=1S/C13H14ClN5OS/c1-7-5-10(15)18-13(17-7)21-8(2)12(20)19-11-4-3-9(14)6-16-11/h3-6,8H,1-2H3,(H2,15,17,18)(H,16,19,20). The molecule has 1 atom stereocenters. The molecule has 1 amide bonds. The van der Waals surface area contributed by atoms with Gasteiger partial charge in [-0.2, -0.15) is 0 Å². The first kappa shape index (κ1) is 15.5. The smallest absolute Gasteiger partial charge is 0.238 e. The van der Waals surface area contributed by atoms with Crippen molar-refractivity contribution in [1.29, 1.82) is 0 Å². The van der Waals surface area contributed by atoms with Crippen molar-refractivity contribution >= 4 is 40.9 Å². The van der Waals surface area contributed by atoms with Crippen LogP contribution in [0.25, 0.3) is 0 Å². The molecule has 2 aromatic heterocycles. The van der Waals surface area contributed by atoms with Crippen molar-refractivity contribution in [2.45, 2.75) is 24.3 Å². The van der Waals surface area contributed by atoms with Crippen molar-refractivity contribution in [3.63, 3.8) is 0 Å². The molecule has 3 N–H and O–H groups in total. The second-order valence-corrected chi connectivity index (χ2v) is 6.07. The summed E-state index contributed by atoms with van der Waals surface area (Å²) in [5, 5.41) is 3.30. The third-order valence-corrected chi connectivity index (χ3v) is 3.67. The van der Waals surface area contributed by atoms with E-state index in [0.29, 0.717) is 21.8 Å². The quantitative estimate of drug-likeness (QED) is 0.663. The second-order valence-electron chi connectivity index (χ2n) is 4.33. The number of aryl methyl sites for hydroxylation is 1. The number of nitrogens with one attached hydrogen (secondary N) is 1. The lowest BCUT2D eigenvalue weighted by atomic mass is 10.4. The van der Waals surface area contributed by atoms with Gasteiger partial charge in [-0.15, -0.1) is 0 Å². The van der Waals surface area contributed by atoms with Crippen LogP contribution in [0.4, 0.5) is 11.6 Å². The highest BCUT2D eigenvalue weighted by molar-refractivity contribution is 8.00. The zero-order chi connectivity index (χ0) is 15.4. The van der Waals surface area contributed by atoms with Gasteiger partial charge in [-0.1, -0.05) is 23.4 Å². The van der Waals surface area contributed by atoms with Gasteiger partial charge in [0.15, 0.2) is 5.16 Å². The lowest BCUT2D eigenvalue weighted by Crippen LogP contribution is -2.23. The van der Waals surface area contributed by atoms with E-state index in [2.05, 4.69) is 20.3 Å². The Bertz CT molecular complexity index is 629. The number of aromatic nitrogens is 3. The summed E-state index contributed by atoms with van der Waals surface area (Å²) in [5.74, 6) is 0.636. The number of thioether (sulfide) groups is 1. The monoisotopic (exact) mass is 323 g/mol. The normalized spacial score (nSPS) is 12.0. The molecule has 0 saturated carbocycles. The van der Waals surface area contributed by atoms with Crippen molar-refractivity contribution in [3.05, 3.63) is 35.1 Å². The molecule has 0 aliphatic rings. The number of nitrogen functional groups attached to an aromatic ring is 1. The van der Waals surface area contributed by atoms with E-state index in [4.69, 9.17) is 17.3 Å². The van der Waals surface area contributed by atoms with Crippen LogP contribution in [-0.2, 0) is 4.79 Å². The van der Waals surface area contributed by atoms with Crippen LogP contribution in [0, 0.1) is 6.92 Å². The van der Waals surface area contributed by atoms with Crippen LogP contribution in [0.15, 0.2) is 29.6 Å². The predicted octanol–water partition coefficient (Wildman–Crippen LogP) is 2.53. The molecule has 0 saturated heterocycles. The number of amides is 1. The summed E-state index contributed by atoms with van der Waals surface area (Å²) in [6.07, 6.45) is 1.47. The molecule has 0 spiro atoms. The number of carbonyl (C=O) groups excluding carboxylic acids is 1. The molecule has 8 heteroatoms. The van der Waals surface area contributed by atoms with Gasteiger partial charge in [0.25, 0.3) is 0 Å². The van der Waals surface area contributed by atoms with Crippen LogP contribution in [0.1, 0.15) is 12.6 Å². The van der Waals surface area contributed by atoms with E-state index in [1.165, 1.54) is 18.0 Å². The SMILES string of the molecule is Cc1cc(N)nc(SC(C)C(=O)Nc2ccc(Cl)cn2)n1. The van der Waals surface area contributed by atoms with E-state index in [0.717, 1.165) is 5.69 Å². The average Bonchev–Trinajstić information content (AvgIpc) is 2.40. The minimum atomic E-state index is -0.385. The number of carbonyl (C=O) groups is 1. The Morgan fingerprint density at radius 2 is 2.19 bits per heavy atom. The first-order chi connectivity index (χ1) is 9.94. The Morgan fingerprint density at radius 1 is 1.43 bits per heavy atom. The Hall–Kier alpha value is -1.86. The van der Waals surface area contributed by atoms with Gasteiger partial charge in [0.1, 0.15) is 11.6 Å². The number of halogens is 1. The van der Waals surface area contributed by atoms with E-state index < -0.39 is 0 Å². The number of rotatable bonds is 4. The Labute approximate surface area is 131 Å². The summed E-state index contributed by atoms with van der Waals surface area (Å²) < 4.78 is 0. The van der Waals surface area contributed by atoms with Crippen molar-refractivity contribution in [3.8, 4) is 0 Å². The van der Waals surface area contributed by atoms with Crippen LogP contribution in [0.2, 0.25) is 5.02 Å². The molecule has 0 aliphatic heterocycles. The fourth-order valence-electron chi connectivity index (χ4n) is 1.51. The van der Waals surface area contributed by atoms with Gasteiger partial charge in [0.2, 0.25) is 5.91 Å². The Kier molecular flexibility index (Phi) is 4.98. The molecule has 0 radical (unpaired) electrons. The Morgan fingerprint density at radius 3 is 2.81 bits per heavy atom. The van der Waals surface area contributed by atoms with Gasteiger partial charge >= 0.3 is 0 Å². The number of hydrogen-bond donors (Lipinski definition) is 2. The van der Waals surface area contributed by atoms with Crippen LogP contribution >= 0.6 is 23.4 Å². The first-order valence-electron chi connectivity index (χ1n) is 6.14. The first-order valence-corrected chi connectivity index (χ1v) is 7.40. The number of nitrogens with two attached hydrogens (primary N) is 1. The van der Waals surface area contributed by atoms with Crippen LogP contribution < -0.4 is 11.1 Å². The third kappa shape index (κ3) is 4.57. The lowest BCUT2D eigenvalue weighted by molar-refractivity contribution is -0.115. The predicted molar refractivity (Wildman–Crippen MR) is 84.4 cm³/mol. The molecular formula is C13H14ClN5OS. The molecule has 0 aromatic carbocycles. The zero-order valence-corrected chi connectivity index (χ0v) is 13.1. The molecular weight excluding hydrogens is 310 g/mol. The molecule has 2 heterocycles. The van der Waals surface area contributed by atoms with Gasteiger partial charge in [-0.05, 0) is 26.0 Å². The van der Waals surface area contributed by atoms with Crippen LogP contribution in [-0.4, -0.2) is 26.1 Å². The number of anilines is 2. The Balaban J connectivity index is 2.00. The highest BCUT2D eigenvalue weighted by Crippen LogP contribution is 2.22. The van der Waals surface area contributed by atoms with Crippen molar-refractivity contribution < 1.29 is 4.79 Å². The maximum absolute atomic E-state index is 12.1. The van der Waals surface area contributed by atoms with Crippen molar-refractivity contribution in [2.75, 3.05) is 11.1 Å². The molecule has 2 aromatic rings. The van der Waals surface area contributed by atoms with E-state index in [9.17, 15) is 4.79 Å². The summed E-state index contributed by atoms with van der Waals surface area (Å²) in [7, 11) is 0. The van der Waals surface area contributed by atoms with E-state index in [1.54, 1.807) is 25.1 Å². The molecule has 21 heavy (non-hydrogen) atoms. The third-order valence-electron chi connectivity index (χ3n) is 2.48. The fraction of sp³-hybridized carbons (Fsp3) is 0.231. The highest BCUT2D eigenvalue weighted by Gasteiger charge is 2.17. The van der Waals surface area contributed by atoms with Gasteiger partial charge in [-0.3, -0.25) is 4.79 Å². The summed E-state index contributed by atoms with van der Waals surface area (Å²) in [4.78, 5) is 24.4. The number of pyridine rings is 1. The minimum Gasteiger partial charge on any atom is -0.384 e. The molecule has 2 rings (SSSR count). The van der Waals surface area contributed by atoms with Crippen LogP contribution in [0.5, 0.6) is 0 Å². The van der Waals surface area contributed by atoms with E-state index in [1.807, 2.05) is 6.92 Å². The maximum Gasteiger partial charge on any atom is 0.238 e. The summed E-state index contributed by atoms with van der Waals surface area (Å²) in [5.41, 5.74) is 6.42. The number of hydrogen-bond acceptors (Lipinski definition) is 6. The van der Waals surface area contributed by atoms with Gasteiger partial charge in [-0.25, -0.2) is 15.0 Å². The molecule has 0 bridgehead atoms. The van der Waals surface area contributed by atoms with Gasteiger partial charge in [0, 0.05) is 18.0 Å². The summed E-state index contributed by atoms with van der Waals surface area (Å²) >= 11 is 6.97. The van der Waals surface area contributed by atoms with Gasteiger partial charge < -0.3 is 11.1 Å². The molecule has 0 aliphatic carbocycles. The summed E-state index contributed by atoms with van der Waals surface area (Å²) in [6.45, 7) is 3.59. The molecule has 6 nitrogen and oxygen atoms in total. The second kappa shape index (κ2) is 6.73. The maximum atomic E-state index is 12.1. The average molecular weight is 324 g/mol. The minimum absolute atomic E-state index is 0.196. The molecule has 110 valence electrons. The summed E-state index contributed by atoms with van der Waals surface area (Å²) in [6, 6.07) is 4.97. The topological polar surface area (TPSA) is 93.8 Å². The lowest BCUT2D eigenvalue weighted by Gasteiger charge is -2.11. The fourth-order valence-corrected chi connectivity index (χ4v) is 2.46. The highest BCUT2D eigenvalue weighted by atomic mass is 35.5. The van der Waals surface area contributed by atoms with E-state index in [-0.39, 0.29) is 11.2 Å². The van der Waals surface area contributed by atoms with Crippen molar-refractivity contribution in [2.24, 2.45) is 0 Å². The van der Waals surface area contributed by atoms with Crippen molar-refractivity contribution in [1.82, 2.24) is 15.0 Å².